The Bertz CT molecular complexity index is 209. The van der Waals surface area contributed by atoms with Crippen LogP contribution in [0.3, 0.4) is 0 Å². The number of rotatable bonds is 12. The quantitative estimate of drug-likeness (QED) is 0.373. The molecule has 0 N–H and O–H groups in total. The van der Waals surface area contributed by atoms with Crippen molar-refractivity contribution in [3.05, 3.63) is 0 Å². The van der Waals surface area contributed by atoms with Crippen LogP contribution in [-0.4, -0.2) is 11.6 Å². The van der Waals surface area contributed by atoms with Crippen LogP contribution in [0.2, 0.25) is 0 Å². The van der Waals surface area contributed by atoms with Gasteiger partial charge in [-0.1, -0.05) is 64.7 Å². The van der Waals surface area contributed by atoms with Crippen LogP contribution in [0.25, 0.3) is 0 Å². The number of ketones is 2. The van der Waals surface area contributed by atoms with E-state index in [1.165, 1.54) is 58.3 Å². The van der Waals surface area contributed by atoms with E-state index in [4.69, 9.17) is 0 Å². The summed E-state index contributed by atoms with van der Waals surface area (Å²) in [6.07, 6.45) is 13.0. The number of carbonyl (C=O) groups excluding carboxylic acids is 2. The molecular weight excluding hydrogens is 212 g/mol. The summed E-state index contributed by atoms with van der Waals surface area (Å²) in [6, 6.07) is 0. The highest BCUT2D eigenvalue weighted by Gasteiger charge is 2.05. The minimum absolute atomic E-state index is 0.204. The number of Topliss-reactive ketones (excluding diaryl/α,β-unsaturated/α-hetero) is 2. The second kappa shape index (κ2) is 11.8. The molecule has 0 amide bonds. The van der Waals surface area contributed by atoms with E-state index in [9.17, 15) is 9.59 Å². The zero-order valence-corrected chi connectivity index (χ0v) is 11.6. The maximum absolute atomic E-state index is 11.0. The van der Waals surface area contributed by atoms with Gasteiger partial charge in [0.1, 0.15) is 0 Å². The number of hydrogen-bond acceptors (Lipinski definition) is 2. The Labute approximate surface area is 106 Å². The van der Waals surface area contributed by atoms with Crippen molar-refractivity contribution in [3.8, 4) is 0 Å². The van der Waals surface area contributed by atoms with Gasteiger partial charge in [0.25, 0.3) is 0 Å². The summed E-state index contributed by atoms with van der Waals surface area (Å²) in [4.78, 5) is 21.7. The average Bonchev–Trinajstić information content (AvgIpc) is 2.31. The second-order valence-electron chi connectivity index (χ2n) is 4.91. The third-order valence-corrected chi connectivity index (χ3v) is 3.15. The maximum Gasteiger partial charge on any atom is 0.198 e. The first-order valence-corrected chi connectivity index (χ1v) is 7.22. The van der Waals surface area contributed by atoms with Crippen molar-refractivity contribution in [1.29, 1.82) is 0 Å². The van der Waals surface area contributed by atoms with Crippen molar-refractivity contribution in [3.63, 3.8) is 0 Å². The molecule has 0 aliphatic rings. The van der Waals surface area contributed by atoms with Crippen molar-refractivity contribution in [2.24, 2.45) is 0 Å². The van der Waals surface area contributed by atoms with Crippen molar-refractivity contribution in [2.45, 2.75) is 84.5 Å². The lowest BCUT2D eigenvalue weighted by atomic mass is 10.0. The Morgan fingerprint density at radius 1 is 0.706 bits per heavy atom. The molecule has 17 heavy (non-hydrogen) atoms. The van der Waals surface area contributed by atoms with Crippen LogP contribution in [0, 0.1) is 0 Å². The van der Waals surface area contributed by atoms with E-state index < -0.39 is 0 Å². The summed E-state index contributed by atoms with van der Waals surface area (Å²) in [6.45, 7) is 3.60. The molecule has 0 radical (unpaired) electrons. The topological polar surface area (TPSA) is 34.1 Å². The van der Waals surface area contributed by atoms with Crippen molar-refractivity contribution >= 4 is 11.6 Å². The van der Waals surface area contributed by atoms with Crippen LogP contribution in [0.1, 0.15) is 84.5 Å². The standard InChI is InChI=1S/C15H28O2/c1-3-4-5-6-7-8-9-10-11-12-13-15(17)14(2)16/h3-13H2,1-2H3. The van der Waals surface area contributed by atoms with Gasteiger partial charge in [-0.15, -0.1) is 0 Å². The Balaban J connectivity index is 3.08. The maximum atomic E-state index is 11.0. The molecule has 0 aliphatic carbocycles. The molecule has 0 fully saturated rings. The molecule has 0 rings (SSSR count). The van der Waals surface area contributed by atoms with Crippen LogP contribution in [0.15, 0.2) is 0 Å². The Kier molecular flexibility index (Phi) is 11.4. The normalized spacial score (nSPS) is 10.5. The molecule has 0 bridgehead atoms. The predicted octanol–water partition coefficient (Wildman–Crippen LogP) is 4.46. The van der Waals surface area contributed by atoms with Gasteiger partial charge < -0.3 is 0 Å². The highest BCUT2D eigenvalue weighted by molar-refractivity contribution is 6.36. The minimum Gasteiger partial charge on any atom is -0.291 e. The average molecular weight is 240 g/mol. The van der Waals surface area contributed by atoms with Gasteiger partial charge in [0.2, 0.25) is 0 Å². The van der Waals surface area contributed by atoms with Gasteiger partial charge in [0.05, 0.1) is 0 Å². The number of unbranched alkanes of at least 4 members (excludes halogenated alkanes) is 9. The predicted molar refractivity (Wildman–Crippen MR) is 72.1 cm³/mol. The van der Waals surface area contributed by atoms with Crippen molar-refractivity contribution in [1.82, 2.24) is 0 Å². The van der Waals surface area contributed by atoms with Crippen LogP contribution >= 0.6 is 0 Å². The third-order valence-electron chi connectivity index (χ3n) is 3.15. The fraction of sp³-hybridized carbons (Fsp3) is 0.867. The smallest absolute Gasteiger partial charge is 0.198 e. The van der Waals surface area contributed by atoms with Crippen molar-refractivity contribution in [2.75, 3.05) is 0 Å². The minimum atomic E-state index is -0.291. The van der Waals surface area contributed by atoms with Gasteiger partial charge >= 0.3 is 0 Å². The summed E-state index contributed by atoms with van der Waals surface area (Å²) in [5.41, 5.74) is 0. The number of carbonyl (C=O) groups is 2. The van der Waals surface area contributed by atoms with Gasteiger partial charge in [-0.2, -0.15) is 0 Å². The SMILES string of the molecule is CCCCCCCCCCCCC(=O)C(C)=O. The van der Waals surface area contributed by atoms with E-state index in [1.807, 2.05) is 0 Å². The highest BCUT2D eigenvalue weighted by Crippen LogP contribution is 2.11. The van der Waals surface area contributed by atoms with Gasteiger partial charge in [-0.25, -0.2) is 0 Å². The molecule has 0 heterocycles. The zero-order chi connectivity index (χ0) is 12.9. The summed E-state index contributed by atoms with van der Waals surface area (Å²) in [5, 5.41) is 0. The van der Waals surface area contributed by atoms with E-state index in [2.05, 4.69) is 6.92 Å². The largest absolute Gasteiger partial charge is 0.291 e. The van der Waals surface area contributed by atoms with E-state index in [1.54, 1.807) is 0 Å². The zero-order valence-electron chi connectivity index (χ0n) is 11.6. The first kappa shape index (κ1) is 16.3. The molecule has 2 nitrogen and oxygen atoms in total. The second-order valence-corrected chi connectivity index (χ2v) is 4.91. The summed E-state index contributed by atoms with van der Waals surface area (Å²) >= 11 is 0. The Morgan fingerprint density at radius 2 is 1.12 bits per heavy atom. The Morgan fingerprint density at radius 3 is 1.53 bits per heavy atom. The van der Waals surface area contributed by atoms with E-state index in [0.29, 0.717) is 6.42 Å². The first-order valence-electron chi connectivity index (χ1n) is 7.22. The molecule has 0 aliphatic heterocycles. The molecule has 0 spiro atoms. The highest BCUT2D eigenvalue weighted by atomic mass is 16.2. The summed E-state index contributed by atoms with van der Waals surface area (Å²) < 4.78 is 0. The Hall–Kier alpha value is -0.660. The molecule has 0 aromatic rings. The lowest BCUT2D eigenvalue weighted by Crippen LogP contribution is -2.08. The van der Waals surface area contributed by atoms with Gasteiger partial charge in [-0.3, -0.25) is 9.59 Å². The van der Waals surface area contributed by atoms with E-state index >= 15 is 0 Å². The van der Waals surface area contributed by atoms with Crippen LogP contribution in [0.4, 0.5) is 0 Å². The molecule has 0 aromatic heterocycles. The molecular formula is C15H28O2. The third kappa shape index (κ3) is 11.6. The molecule has 2 heteroatoms. The van der Waals surface area contributed by atoms with Gasteiger partial charge in [-0.05, 0) is 6.42 Å². The van der Waals surface area contributed by atoms with Crippen LogP contribution < -0.4 is 0 Å². The molecule has 0 saturated carbocycles. The van der Waals surface area contributed by atoms with E-state index in [-0.39, 0.29) is 11.6 Å². The fourth-order valence-electron chi connectivity index (χ4n) is 1.95. The number of hydrogen-bond donors (Lipinski definition) is 0. The monoisotopic (exact) mass is 240 g/mol. The fourth-order valence-corrected chi connectivity index (χ4v) is 1.95. The molecule has 0 atom stereocenters. The van der Waals surface area contributed by atoms with E-state index in [0.717, 1.165) is 12.8 Å². The summed E-state index contributed by atoms with van der Waals surface area (Å²) in [5.74, 6) is -0.495. The molecule has 100 valence electrons. The lowest BCUT2D eigenvalue weighted by Gasteiger charge is -2.01. The molecule has 0 unspecified atom stereocenters. The van der Waals surface area contributed by atoms with Crippen LogP contribution in [0.5, 0.6) is 0 Å². The summed E-state index contributed by atoms with van der Waals surface area (Å²) in [7, 11) is 0. The van der Waals surface area contributed by atoms with Crippen molar-refractivity contribution < 1.29 is 9.59 Å². The van der Waals surface area contributed by atoms with Gasteiger partial charge in [0.15, 0.2) is 11.6 Å². The van der Waals surface area contributed by atoms with Gasteiger partial charge in [0, 0.05) is 13.3 Å². The first-order chi connectivity index (χ1) is 8.18. The molecule has 0 aromatic carbocycles. The molecule has 0 saturated heterocycles. The van der Waals surface area contributed by atoms with Crippen LogP contribution in [-0.2, 0) is 9.59 Å². The lowest BCUT2D eigenvalue weighted by molar-refractivity contribution is -0.135.